The largest absolute Gasteiger partial charge is 0.268 e. The van der Waals surface area contributed by atoms with Gasteiger partial charge in [-0.05, 0) is 35.7 Å². The number of halogens is 1. The van der Waals surface area contributed by atoms with Crippen LogP contribution in [0.25, 0.3) is 38.8 Å². The van der Waals surface area contributed by atoms with Crippen LogP contribution in [0.1, 0.15) is 0 Å². The smallest absolute Gasteiger partial charge is 0.266 e. The fourth-order valence-corrected chi connectivity index (χ4v) is 3.79. The molecule has 0 N–H and O–H groups in total. The number of hydrogen-bond donors (Lipinski definition) is 0. The molecule has 0 spiro atoms. The lowest BCUT2D eigenvalue weighted by Gasteiger charge is -2.15. The van der Waals surface area contributed by atoms with Crippen molar-refractivity contribution < 1.29 is 0 Å². The zero-order valence-electron chi connectivity index (χ0n) is 14.8. The van der Waals surface area contributed by atoms with Crippen LogP contribution in [0.3, 0.4) is 0 Å². The number of rotatable bonds is 2. The average molecular weight is 427 g/mol. The highest BCUT2D eigenvalue weighted by molar-refractivity contribution is 9.10. The van der Waals surface area contributed by atoms with Crippen molar-refractivity contribution in [2.75, 3.05) is 0 Å². The molecule has 0 bridgehead atoms. The number of para-hydroxylation sites is 1. The third-order valence-electron chi connectivity index (χ3n) is 4.88. The lowest BCUT2D eigenvalue weighted by atomic mass is 10.1. The van der Waals surface area contributed by atoms with Crippen molar-refractivity contribution in [2.24, 2.45) is 0 Å². The number of hydrogen-bond acceptors (Lipinski definition) is 2. The van der Waals surface area contributed by atoms with Gasteiger partial charge in [0.15, 0.2) is 0 Å². The minimum atomic E-state index is -0.0696. The fourth-order valence-electron chi connectivity index (χ4n) is 3.53. The van der Waals surface area contributed by atoms with E-state index in [4.69, 9.17) is 4.98 Å². The van der Waals surface area contributed by atoms with Crippen molar-refractivity contribution in [2.45, 2.75) is 0 Å². The molecule has 3 nitrogen and oxygen atoms in total. The molecule has 1 aromatic heterocycles. The van der Waals surface area contributed by atoms with Crippen molar-refractivity contribution in [3.63, 3.8) is 0 Å². The van der Waals surface area contributed by atoms with Crippen molar-refractivity contribution in [3.8, 4) is 17.1 Å². The number of nitrogens with zero attached hydrogens (tertiary/aromatic N) is 2. The normalized spacial score (nSPS) is 11.2. The quantitative estimate of drug-likeness (QED) is 0.326. The first-order valence-corrected chi connectivity index (χ1v) is 9.77. The Hall–Kier alpha value is -3.24. The summed E-state index contributed by atoms with van der Waals surface area (Å²) >= 11 is 3.48. The highest BCUT2D eigenvalue weighted by Crippen LogP contribution is 2.27. The molecule has 0 saturated carbocycles. The summed E-state index contributed by atoms with van der Waals surface area (Å²) in [5.41, 5.74) is 2.35. The van der Waals surface area contributed by atoms with E-state index in [9.17, 15) is 4.79 Å². The molecule has 4 aromatic carbocycles. The van der Waals surface area contributed by atoms with E-state index in [-0.39, 0.29) is 5.56 Å². The maximum Gasteiger partial charge on any atom is 0.266 e. The predicted octanol–water partition coefficient (Wildman–Crippen LogP) is 5.97. The maximum atomic E-state index is 13.5. The Balaban J connectivity index is 1.95. The first-order valence-electron chi connectivity index (χ1n) is 8.98. The second-order valence-electron chi connectivity index (χ2n) is 6.60. The summed E-state index contributed by atoms with van der Waals surface area (Å²) in [5, 5.41) is 2.67. The molecule has 0 fully saturated rings. The van der Waals surface area contributed by atoms with Gasteiger partial charge in [0, 0.05) is 15.4 Å². The Morgan fingerprint density at radius 1 is 0.714 bits per heavy atom. The topological polar surface area (TPSA) is 34.9 Å². The van der Waals surface area contributed by atoms with Gasteiger partial charge in [0.2, 0.25) is 0 Å². The Bertz CT molecular complexity index is 1370. The van der Waals surface area contributed by atoms with Gasteiger partial charge in [0.05, 0.1) is 16.6 Å². The van der Waals surface area contributed by atoms with Gasteiger partial charge in [-0.1, -0.05) is 76.6 Å². The lowest BCUT2D eigenvalue weighted by Crippen LogP contribution is -2.22. The third-order valence-corrected chi connectivity index (χ3v) is 5.41. The predicted molar refractivity (Wildman–Crippen MR) is 118 cm³/mol. The molecule has 0 aliphatic rings. The van der Waals surface area contributed by atoms with Crippen LogP contribution in [-0.4, -0.2) is 9.55 Å². The summed E-state index contributed by atoms with van der Waals surface area (Å²) in [5.74, 6) is 0.632. The molecule has 4 heteroatoms. The van der Waals surface area contributed by atoms with Crippen LogP contribution in [0.5, 0.6) is 0 Å². The summed E-state index contributed by atoms with van der Waals surface area (Å²) in [6.07, 6.45) is 0. The van der Waals surface area contributed by atoms with E-state index >= 15 is 0 Å². The molecule has 0 aliphatic carbocycles. The molecule has 134 valence electrons. The zero-order valence-corrected chi connectivity index (χ0v) is 16.4. The molecule has 5 aromatic rings. The summed E-state index contributed by atoms with van der Waals surface area (Å²) in [6, 6.07) is 29.4. The summed E-state index contributed by atoms with van der Waals surface area (Å²) in [7, 11) is 0. The molecule has 0 amide bonds. The fraction of sp³-hybridized carbons (Fsp3) is 0. The van der Waals surface area contributed by atoms with Crippen molar-refractivity contribution in [3.05, 3.63) is 106 Å². The van der Waals surface area contributed by atoms with E-state index in [1.165, 1.54) is 0 Å². The van der Waals surface area contributed by atoms with Crippen LogP contribution in [0.2, 0.25) is 0 Å². The van der Waals surface area contributed by atoms with Gasteiger partial charge in [0.25, 0.3) is 5.56 Å². The molecule has 0 atom stereocenters. The molecule has 0 saturated heterocycles. The minimum Gasteiger partial charge on any atom is -0.268 e. The van der Waals surface area contributed by atoms with Crippen LogP contribution in [0, 0.1) is 0 Å². The molecule has 1 heterocycles. The van der Waals surface area contributed by atoms with Crippen molar-refractivity contribution in [1.82, 2.24) is 9.55 Å². The highest BCUT2D eigenvalue weighted by Gasteiger charge is 2.16. The van der Waals surface area contributed by atoms with Gasteiger partial charge in [-0.3, -0.25) is 9.36 Å². The SMILES string of the molecule is O=c1c2ccc3ccccc3c2nc(-c2ccc(Br)cc2)n1-c1ccccc1. The van der Waals surface area contributed by atoms with Crippen LogP contribution < -0.4 is 5.56 Å². The number of aromatic nitrogens is 2. The molecule has 0 aliphatic heterocycles. The van der Waals surface area contributed by atoms with Crippen LogP contribution in [0.15, 0.2) is 100 Å². The van der Waals surface area contributed by atoms with E-state index in [0.29, 0.717) is 11.2 Å². The van der Waals surface area contributed by atoms with Gasteiger partial charge in [-0.15, -0.1) is 0 Å². The van der Waals surface area contributed by atoms with Gasteiger partial charge in [-0.25, -0.2) is 4.98 Å². The van der Waals surface area contributed by atoms with Crippen molar-refractivity contribution >= 4 is 37.6 Å². The summed E-state index contributed by atoms with van der Waals surface area (Å²) in [4.78, 5) is 18.5. The first-order chi connectivity index (χ1) is 13.7. The Labute approximate surface area is 170 Å². The van der Waals surface area contributed by atoms with E-state index < -0.39 is 0 Å². The monoisotopic (exact) mass is 426 g/mol. The molecule has 0 radical (unpaired) electrons. The van der Waals surface area contributed by atoms with Gasteiger partial charge in [0.1, 0.15) is 5.82 Å². The maximum absolute atomic E-state index is 13.5. The lowest BCUT2D eigenvalue weighted by molar-refractivity contribution is 0.977. The summed E-state index contributed by atoms with van der Waals surface area (Å²) < 4.78 is 2.68. The molecule has 0 unspecified atom stereocenters. The van der Waals surface area contributed by atoms with E-state index in [1.54, 1.807) is 4.57 Å². The van der Waals surface area contributed by atoms with E-state index in [1.807, 2.05) is 91.0 Å². The van der Waals surface area contributed by atoms with Gasteiger partial charge in [-0.2, -0.15) is 0 Å². The number of benzene rings is 4. The Morgan fingerprint density at radius 2 is 1.43 bits per heavy atom. The van der Waals surface area contributed by atoms with Crippen molar-refractivity contribution in [1.29, 1.82) is 0 Å². The number of fused-ring (bicyclic) bond motifs is 3. The van der Waals surface area contributed by atoms with Gasteiger partial charge >= 0.3 is 0 Å². The summed E-state index contributed by atoms with van der Waals surface area (Å²) in [6.45, 7) is 0. The van der Waals surface area contributed by atoms with Gasteiger partial charge < -0.3 is 0 Å². The third kappa shape index (κ3) is 2.74. The minimum absolute atomic E-state index is 0.0696. The second-order valence-corrected chi connectivity index (χ2v) is 7.52. The van der Waals surface area contributed by atoms with Crippen LogP contribution in [0.4, 0.5) is 0 Å². The van der Waals surface area contributed by atoms with E-state index in [0.717, 1.165) is 32.0 Å². The molecular formula is C24H15BrN2O. The molecule has 5 rings (SSSR count). The first kappa shape index (κ1) is 16.9. The zero-order chi connectivity index (χ0) is 19.1. The van der Waals surface area contributed by atoms with E-state index in [2.05, 4.69) is 15.9 Å². The van der Waals surface area contributed by atoms with Crippen LogP contribution >= 0.6 is 15.9 Å². The van der Waals surface area contributed by atoms with Crippen LogP contribution in [-0.2, 0) is 0 Å². The highest BCUT2D eigenvalue weighted by atomic mass is 79.9. The second kappa shape index (κ2) is 6.73. The average Bonchev–Trinajstić information content (AvgIpc) is 2.74. The molecular weight excluding hydrogens is 412 g/mol. The standard InChI is InChI=1S/C24H15BrN2O/c25-18-13-10-17(11-14-18)23-26-22-20-9-5-4-6-16(20)12-15-21(22)24(28)27(23)19-7-2-1-3-8-19/h1-15H. The Kier molecular flexibility index (Phi) is 4.06. The Morgan fingerprint density at radius 3 is 2.21 bits per heavy atom. The molecule has 28 heavy (non-hydrogen) atoms.